The molecule has 0 unspecified atom stereocenters. The van der Waals surface area contributed by atoms with Crippen LogP contribution in [0.2, 0.25) is 5.02 Å². The molecule has 0 bridgehead atoms. The smallest absolute Gasteiger partial charge is 0.314 e. The maximum absolute atomic E-state index is 13.1. The normalized spacial score (nSPS) is 18.1. The van der Waals surface area contributed by atoms with E-state index in [9.17, 15) is 13.2 Å². The Morgan fingerprint density at radius 1 is 1.22 bits per heavy atom. The van der Waals surface area contributed by atoms with Crippen LogP contribution >= 0.6 is 11.6 Å². The number of piperazine rings is 1. The first-order valence-corrected chi connectivity index (χ1v) is 8.63. The van der Waals surface area contributed by atoms with Crippen molar-refractivity contribution in [2.75, 3.05) is 26.2 Å². The van der Waals surface area contributed by atoms with Crippen molar-refractivity contribution in [3.05, 3.63) is 34.3 Å². The van der Waals surface area contributed by atoms with Gasteiger partial charge in [0.1, 0.15) is 0 Å². The molecule has 0 saturated carbocycles. The van der Waals surface area contributed by atoms with Crippen molar-refractivity contribution in [3.63, 3.8) is 0 Å². The molecule has 1 heterocycles. The van der Waals surface area contributed by atoms with Crippen LogP contribution in [-0.2, 0) is 6.18 Å². The monoisotopic (exact) mass is 348 g/mol. The van der Waals surface area contributed by atoms with Crippen LogP contribution < -0.4 is 5.32 Å². The van der Waals surface area contributed by atoms with Crippen LogP contribution in [-0.4, -0.2) is 31.1 Å². The van der Waals surface area contributed by atoms with E-state index in [-0.39, 0.29) is 11.1 Å². The van der Waals surface area contributed by atoms with Crippen molar-refractivity contribution in [3.8, 4) is 0 Å². The summed E-state index contributed by atoms with van der Waals surface area (Å²) in [5.41, 5.74) is -0.119. The second kappa shape index (κ2) is 8.36. The zero-order chi connectivity index (χ0) is 16.9. The summed E-state index contributed by atoms with van der Waals surface area (Å²) in [5, 5.41) is 3.15. The third kappa shape index (κ3) is 4.85. The Morgan fingerprint density at radius 3 is 2.52 bits per heavy atom. The van der Waals surface area contributed by atoms with Crippen LogP contribution in [0.5, 0.6) is 0 Å². The lowest BCUT2D eigenvalue weighted by atomic mass is 9.96. The van der Waals surface area contributed by atoms with Gasteiger partial charge in [-0.25, -0.2) is 0 Å². The highest BCUT2D eigenvalue weighted by Gasteiger charge is 2.35. The Kier molecular flexibility index (Phi) is 6.74. The van der Waals surface area contributed by atoms with Crippen LogP contribution in [0.25, 0.3) is 0 Å². The molecule has 0 amide bonds. The van der Waals surface area contributed by atoms with E-state index in [0.717, 1.165) is 57.9 Å². The van der Waals surface area contributed by atoms with Gasteiger partial charge in [-0.1, -0.05) is 49.9 Å². The van der Waals surface area contributed by atoms with Gasteiger partial charge in [0.15, 0.2) is 0 Å². The van der Waals surface area contributed by atoms with Crippen molar-refractivity contribution in [1.29, 1.82) is 0 Å². The van der Waals surface area contributed by atoms with Crippen LogP contribution in [0, 0.1) is 0 Å². The summed E-state index contributed by atoms with van der Waals surface area (Å²) in [5.74, 6) is 0. The quantitative estimate of drug-likeness (QED) is 0.737. The number of benzene rings is 1. The van der Waals surface area contributed by atoms with Crippen molar-refractivity contribution >= 4 is 11.6 Å². The maximum atomic E-state index is 13.1. The maximum Gasteiger partial charge on any atom is 0.417 e. The minimum Gasteiger partial charge on any atom is -0.314 e. The van der Waals surface area contributed by atoms with Crippen molar-refractivity contribution in [1.82, 2.24) is 10.2 Å². The zero-order valence-corrected chi connectivity index (χ0v) is 14.2. The van der Waals surface area contributed by atoms with Gasteiger partial charge in [0.05, 0.1) is 10.6 Å². The van der Waals surface area contributed by atoms with Crippen molar-refractivity contribution in [2.24, 2.45) is 0 Å². The van der Waals surface area contributed by atoms with Crippen molar-refractivity contribution in [2.45, 2.75) is 44.8 Å². The lowest BCUT2D eigenvalue weighted by Gasteiger charge is -2.36. The molecular weight excluding hydrogens is 325 g/mol. The molecule has 1 N–H and O–H groups in total. The van der Waals surface area contributed by atoms with Gasteiger partial charge in [-0.15, -0.1) is 0 Å². The molecule has 1 aliphatic rings. The van der Waals surface area contributed by atoms with Gasteiger partial charge in [-0.3, -0.25) is 4.90 Å². The number of unbranched alkanes of at least 4 members (excludes halogenated alkanes) is 2. The van der Waals surface area contributed by atoms with E-state index in [1.54, 1.807) is 6.07 Å². The summed E-state index contributed by atoms with van der Waals surface area (Å²) in [6.45, 7) is 5.52. The Morgan fingerprint density at radius 2 is 1.91 bits per heavy atom. The van der Waals surface area contributed by atoms with Crippen molar-refractivity contribution < 1.29 is 13.2 Å². The molecule has 2 rings (SSSR count). The molecule has 2 nitrogen and oxygen atoms in total. The van der Waals surface area contributed by atoms with E-state index in [0.29, 0.717) is 5.56 Å². The number of hydrogen-bond acceptors (Lipinski definition) is 2. The number of halogens is 4. The van der Waals surface area contributed by atoms with Gasteiger partial charge in [0, 0.05) is 32.2 Å². The third-order valence-electron chi connectivity index (χ3n) is 4.37. The van der Waals surface area contributed by atoms with Crippen LogP contribution in [0.1, 0.15) is 49.8 Å². The van der Waals surface area contributed by atoms with E-state index in [1.807, 2.05) is 0 Å². The predicted octanol–water partition coefficient (Wildman–Crippen LogP) is 4.89. The summed E-state index contributed by atoms with van der Waals surface area (Å²) in [6, 6.07) is 4.24. The highest BCUT2D eigenvalue weighted by atomic mass is 35.5. The Hall–Kier alpha value is -0.780. The molecule has 1 atom stereocenters. The Balaban J connectivity index is 2.30. The van der Waals surface area contributed by atoms with E-state index in [2.05, 4.69) is 17.1 Å². The molecule has 1 fully saturated rings. The highest BCUT2D eigenvalue weighted by Crippen LogP contribution is 2.40. The van der Waals surface area contributed by atoms with Gasteiger partial charge >= 0.3 is 6.18 Å². The molecular formula is C17H24ClF3N2. The topological polar surface area (TPSA) is 15.3 Å². The molecule has 1 saturated heterocycles. The molecule has 0 spiro atoms. The molecule has 0 aliphatic carbocycles. The fourth-order valence-electron chi connectivity index (χ4n) is 3.14. The van der Waals surface area contributed by atoms with E-state index in [4.69, 9.17) is 11.6 Å². The summed E-state index contributed by atoms with van der Waals surface area (Å²) >= 11 is 6.16. The number of nitrogens with one attached hydrogen (secondary N) is 1. The molecule has 1 aromatic carbocycles. The molecule has 0 radical (unpaired) electrons. The standard InChI is InChI=1S/C17H24ClF3N2/c1-2-3-4-8-15(23-11-9-22-10-12-23)13-6-5-7-14(16(13)18)17(19,20)21/h5-7,15,22H,2-4,8-12H2,1H3/t15-/m1/s1. The lowest BCUT2D eigenvalue weighted by molar-refractivity contribution is -0.137. The first-order chi connectivity index (χ1) is 10.9. The Labute approximate surface area is 141 Å². The fraction of sp³-hybridized carbons (Fsp3) is 0.647. The third-order valence-corrected chi connectivity index (χ3v) is 4.79. The molecule has 6 heteroatoms. The summed E-state index contributed by atoms with van der Waals surface area (Å²) in [4.78, 5) is 2.26. The molecule has 0 aromatic heterocycles. The number of nitrogens with zero attached hydrogens (tertiary/aromatic N) is 1. The first kappa shape index (κ1) is 18.6. The zero-order valence-electron chi connectivity index (χ0n) is 13.4. The Bertz CT molecular complexity index is 499. The van der Waals surface area contributed by atoms with Gasteiger partial charge in [0.2, 0.25) is 0 Å². The van der Waals surface area contributed by atoms with E-state index < -0.39 is 11.7 Å². The SMILES string of the molecule is CCCCC[C@H](c1cccc(C(F)(F)F)c1Cl)N1CCNCC1. The van der Waals surface area contributed by atoms with Crippen LogP contribution in [0.3, 0.4) is 0 Å². The fourth-order valence-corrected chi connectivity index (χ4v) is 3.50. The highest BCUT2D eigenvalue weighted by molar-refractivity contribution is 6.32. The molecule has 130 valence electrons. The summed E-state index contributed by atoms with van der Waals surface area (Å²) in [6.07, 6.45) is -0.402. The summed E-state index contributed by atoms with van der Waals surface area (Å²) in [7, 11) is 0. The van der Waals surface area contributed by atoms with E-state index in [1.165, 1.54) is 6.07 Å². The predicted molar refractivity (Wildman–Crippen MR) is 87.8 cm³/mol. The lowest BCUT2D eigenvalue weighted by Crippen LogP contribution is -2.45. The minimum atomic E-state index is -4.41. The van der Waals surface area contributed by atoms with Gasteiger partial charge in [-0.05, 0) is 18.1 Å². The largest absolute Gasteiger partial charge is 0.417 e. The number of rotatable bonds is 6. The molecule has 1 aromatic rings. The summed E-state index contributed by atoms with van der Waals surface area (Å²) < 4.78 is 39.4. The van der Waals surface area contributed by atoms with Gasteiger partial charge < -0.3 is 5.32 Å². The van der Waals surface area contributed by atoms with Crippen LogP contribution in [0.15, 0.2) is 18.2 Å². The average Bonchev–Trinajstić information content (AvgIpc) is 2.52. The number of hydrogen-bond donors (Lipinski definition) is 1. The average molecular weight is 349 g/mol. The second-order valence-corrected chi connectivity index (χ2v) is 6.38. The molecule has 1 aliphatic heterocycles. The van der Waals surface area contributed by atoms with Gasteiger partial charge in [0.25, 0.3) is 0 Å². The molecule has 23 heavy (non-hydrogen) atoms. The second-order valence-electron chi connectivity index (χ2n) is 6.00. The minimum absolute atomic E-state index is 0.0431. The van der Waals surface area contributed by atoms with Crippen LogP contribution in [0.4, 0.5) is 13.2 Å². The van der Waals surface area contributed by atoms with E-state index >= 15 is 0 Å². The van der Waals surface area contributed by atoms with Gasteiger partial charge in [-0.2, -0.15) is 13.2 Å². The first-order valence-electron chi connectivity index (χ1n) is 8.25. The number of alkyl halides is 3.